The number of nitrogen functional groups attached to an aromatic ring is 1. The fraction of sp³-hybridized carbons (Fsp3) is 0.375. The van der Waals surface area contributed by atoms with E-state index < -0.39 is 0 Å². The van der Waals surface area contributed by atoms with Crippen LogP contribution in [0, 0.1) is 0 Å². The maximum atomic E-state index is 10.4. The van der Waals surface area contributed by atoms with Crippen molar-refractivity contribution in [2.75, 3.05) is 30.8 Å². The molecular weight excluding hydrogens is 388 g/mol. The van der Waals surface area contributed by atoms with Crippen molar-refractivity contribution in [2.24, 2.45) is 4.99 Å². The predicted octanol–water partition coefficient (Wildman–Crippen LogP) is 3.35. The lowest BCUT2D eigenvalue weighted by Crippen LogP contribution is -2.40. The highest BCUT2D eigenvalue weighted by atomic mass is 16.3. The Bertz CT molecular complexity index is 1170. The van der Waals surface area contributed by atoms with Gasteiger partial charge in [-0.3, -0.25) is 4.99 Å². The Morgan fingerprint density at radius 2 is 1.97 bits per heavy atom. The van der Waals surface area contributed by atoms with Crippen LogP contribution in [0.1, 0.15) is 31.7 Å². The van der Waals surface area contributed by atoms with Crippen molar-refractivity contribution in [1.29, 1.82) is 0 Å². The van der Waals surface area contributed by atoms with Crippen LogP contribution in [0.15, 0.2) is 41.4 Å². The van der Waals surface area contributed by atoms with E-state index >= 15 is 0 Å². The summed E-state index contributed by atoms with van der Waals surface area (Å²) >= 11 is 0. The highest BCUT2D eigenvalue weighted by Gasteiger charge is 2.40. The minimum atomic E-state index is 0.0992. The molecule has 4 N–H and O–H groups in total. The van der Waals surface area contributed by atoms with Gasteiger partial charge in [0.1, 0.15) is 11.6 Å². The van der Waals surface area contributed by atoms with E-state index in [2.05, 4.69) is 22.1 Å². The molecule has 1 atom stereocenters. The molecule has 2 aromatic heterocycles. The number of hydrogen-bond acceptors (Lipinski definition) is 7. The quantitative estimate of drug-likeness (QED) is 0.436. The molecule has 31 heavy (non-hydrogen) atoms. The average molecular weight is 417 g/mol. The topological polar surface area (TPSA) is 99.7 Å². The van der Waals surface area contributed by atoms with Gasteiger partial charge in [0.15, 0.2) is 0 Å². The second kappa shape index (κ2) is 7.50. The summed E-state index contributed by atoms with van der Waals surface area (Å²) in [5.41, 5.74) is 10.5. The summed E-state index contributed by atoms with van der Waals surface area (Å²) < 4.78 is 0. The van der Waals surface area contributed by atoms with Gasteiger partial charge >= 0.3 is 0 Å². The van der Waals surface area contributed by atoms with Crippen LogP contribution in [-0.4, -0.2) is 53.0 Å². The van der Waals surface area contributed by atoms with Crippen molar-refractivity contribution in [2.45, 2.75) is 37.8 Å². The second-order valence-electron chi connectivity index (χ2n) is 8.93. The fourth-order valence-electron chi connectivity index (χ4n) is 4.31. The van der Waals surface area contributed by atoms with E-state index in [1.165, 1.54) is 12.8 Å². The van der Waals surface area contributed by atoms with Gasteiger partial charge in [0.25, 0.3) is 0 Å². The van der Waals surface area contributed by atoms with Crippen molar-refractivity contribution in [1.82, 2.24) is 15.3 Å². The summed E-state index contributed by atoms with van der Waals surface area (Å²) in [6, 6.07) is 11.8. The SMILES string of the molecule is CN=Cc1cc(-c2ccc3nc(N4CCC(NC5(C)CC5)C4)ccc3n2)c(O)cc1N. The molecule has 1 saturated carbocycles. The summed E-state index contributed by atoms with van der Waals surface area (Å²) in [5, 5.41) is 14.2. The molecule has 1 saturated heterocycles. The number of hydrogen-bond donors (Lipinski definition) is 3. The van der Waals surface area contributed by atoms with Crippen molar-refractivity contribution in [3.63, 3.8) is 0 Å². The van der Waals surface area contributed by atoms with Gasteiger partial charge in [0.05, 0.1) is 16.7 Å². The first-order valence-electron chi connectivity index (χ1n) is 10.8. The van der Waals surface area contributed by atoms with Crippen molar-refractivity contribution < 1.29 is 5.11 Å². The third kappa shape index (κ3) is 3.93. The standard InChI is InChI=1S/C24H28N6O/c1-24(8-9-24)29-16-7-10-30(14-16)23-6-5-20-21(28-23)4-3-19(27-20)17-11-15(13-26-2)18(25)12-22(17)31/h3-6,11-13,16,29,31H,7-10,14,25H2,1-2H3. The molecule has 1 aromatic carbocycles. The van der Waals surface area contributed by atoms with E-state index in [1.54, 1.807) is 19.3 Å². The number of phenols is 1. The first kappa shape index (κ1) is 19.8. The van der Waals surface area contributed by atoms with Crippen LogP contribution in [0.25, 0.3) is 22.3 Å². The second-order valence-corrected chi connectivity index (χ2v) is 8.93. The lowest BCUT2D eigenvalue weighted by molar-refractivity contribution is 0.455. The smallest absolute Gasteiger partial charge is 0.129 e. The van der Waals surface area contributed by atoms with Gasteiger partial charge in [-0.25, -0.2) is 9.97 Å². The van der Waals surface area contributed by atoms with Crippen molar-refractivity contribution in [3.05, 3.63) is 42.0 Å². The van der Waals surface area contributed by atoms with E-state index in [4.69, 9.17) is 15.7 Å². The summed E-state index contributed by atoms with van der Waals surface area (Å²) in [6.07, 6.45) is 5.38. The zero-order valence-corrected chi connectivity index (χ0v) is 18.0. The molecule has 3 aromatic rings. The molecule has 160 valence electrons. The van der Waals surface area contributed by atoms with E-state index in [-0.39, 0.29) is 5.75 Å². The largest absolute Gasteiger partial charge is 0.507 e. The molecule has 7 nitrogen and oxygen atoms in total. The maximum absolute atomic E-state index is 10.4. The van der Waals surface area contributed by atoms with Gasteiger partial charge < -0.3 is 21.1 Å². The number of rotatable bonds is 5. The number of aliphatic imine (C=N–C) groups is 1. The molecule has 0 radical (unpaired) electrons. The number of nitrogens with zero attached hydrogens (tertiary/aromatic N) is 4. The van der Waals surface area contributed by atoms with Gasteiger partial charge in [-0.1, -0.05) is 0 Å². The summed E-state index contributed by atoms with van der Waals surface area (Å²) in [7, 11) is 1.69. The third-order valence-corrected chi connectivity index (χ3v) is 6.34. The van der Waals surface area contributed by atoms with Crippen LogP contribution in [0.5, 0.6) is 5.75 Å². The van der Waals surface area contributed by atoms with Crippen LogP contribution in [0.4, 0.5) is 11.5 Å². The Kier molecular flexibility index (Phi) is 4.78. The normalized spacial score (nSPS) is 20.1. The first-order chi connectivity index (χ1) is 14.9. The predicted molar refractivity (Wildman–Crippen MR) is 126 cm³/mol. The number of phenolic OH excluding ortho intramolecular Hbond substituents is 1. The lowest BCUT2D eigenvalue weighted by atomic mass is 10.0. The zero-order chi connectivity index (χ0) is 21.6. The van der Waals surface area contributed by atoms with Crippen molar-refractivity contribution in [3.8, 4) is 17.0 Å². The van der Waals surface area contributed by atoms with Crippen LogP contribution < -0.4 is 16.0 Å². The van der Waals surface area contributed by atoms with E-state index in [1.807, 2.05) is 30.3 Å². The molecule has 2 fully saturated rings. The number of aromatic hydroxyl groups is 1. The molecule has 2 aliphatic rings. The molecule has 1 unspecified atom stereocenters. The molecule has 7 heteroatoms. The third-order valence-electron chi connectivity index (χ3n) is 6.34. The molecule has 1 aliphatic carbocycles. The molecule has 0 spiro atoms. The Hall–Kier alpha value is -3.19. The number of benzene rings is 1. The molecule has 0 bridgehead atoms. The van der Waals surface area contributed by atoms with E-state index in [9.17, 15) is 5.11 Å². The summed E-state index contributed by atoms with van der Waals surface area (Å²) in [5.74, 6) is 1.09. The molecule has 0 amide bonds. The first-order valence-corrected chi connectivity index (χ1v) is 10.8. The van der Waals surface area contributed by atoms with E-state index in [0.717, 1.165) is 41.9 Å². The van der Waals surface area contributed by atoms with Gasteiger partial charge in [0, 0.05) is 60.8 Å². The van der Waals surface area contributed by atoms with Crippen LogP contribution in [-0.2, 0) is 0 Å². The Balaban J connectivity index is 1.40. The van der Waals surface area contributed by atoms with Gasteiger partial charge in [-0.15, -0.1) is 0 Å². The molecule has 1 aliphatic heterocycles. The maximum Gasteiger partial charge on any atom is 0.129 e. The summed E-state index contributed by atoms with van der Waals surface area (Å²) in [6.45, 7) is 4.31. The minimum Gasteiger partial charge on any atom is -0.507 e. The van der Waals surface area contributed by atoms with Gasteiger partial charge in [-0.2, -0.15) is 0 Å². The Morgan fingerprint density at radius 3 is 2.74 bits per heavy atom. The number of anilines is 2. The minimum absolute atomic E-state index is 0.0992. The molecular formula is C24H28N6O. The number of nitrogens with two attached hydrogens (primary N) is 1. The van der Waals surface area contributed by atoms with Crippen LogP contribution in [0.3, 0.4) is 0 Å². The van der Waals surface area contributed by atoms with Gasteiger partial charge in [-0.05, 0) is 56.5 Å². The number of aromatic nitrogens is 2. The van der Waals surface area contributed by atoms with Crippen molar-refractivity contribution >= 4 is 28.8 Å². The number of pyridine rings is 2. The fourth-order valence-corrected chi connectivity index (χ4v) is 4.31. The molecule has 3 heterocycles. The average Bonchev–Trinajstić information content (AvgIpc) is 3.29. The van der Waals surface area contributed by atoms with E-state index in [0.29, 0.717) is 28.5 Å². The zero-order valence-electron chi connectivity index (χ0n) is 18.0. The molecule has 5 rings (SSSR count). The Labute approximate surface area is 182 Å². The lowest BCUT2D eigenvalue weighted by Gasteiger charge is -2.20. The summed E-state index contributed by atoms with van der Waals surface area (Å²) in [4.78, 5) is 16.0. The highest BCUT2D eigenvalue weighted by molar-refractivity contribution is 5.91. The monoisotopic (exact) mass is 416 g/mol. The number of nitrogens with one attached hydrogen (secondary N) is 1. The van der Waals surface area contributed by atoms with Crippen LogP contribution in [0.2, 0.25) is 0 Å². The number of fused-ring (bicyclic) bond motifs is 1. The van der Waals surface area contributed by atoms with Gasteiger partial charge in [0.2, 0.25) is 0 Å². The van der Waals surface area contributed by atoms with Crippen LogP contribution >= 0.6 is 0 Å². The highest BCUT2D eigenvalue weighted by Crippen LogP contribution is 2.36. The Morgan fingerprint density at radius 1 is 1.19 bits per heavy atom.